The minimum Gasteiger partial charge on any atom is -0.482 e. The Labute approximate surface area is 176 Å². The maximum Gasteiger partial charge on any atom is 0.341 e. The smallest absolute Gasteiger partial charge is 0.341 e. The summed E-state index contributed by atoms with van der Waals surface area (Å²) in [7, 11) is 0. The van der Waals surface area contributed by atoms with Gasteiger partial charge in [0.15, 0.2) is 6.61 Å². The van der Waals surface area contributed by atoms with Gasteiger partial charge in [-0.15, -0.1) is 0 Å². The molecule has 0 radical (unpaired) electrons. The van der Waals surface area contributed by atoms with Crippen molar-refractivity contribution < 1.29 is 29.0 Å². The number of benzene rings is 1. The van der Waals surface area contributed by atoms with Gasteiger partial charge in [0.1, 0.15) is 5.75 Å². The minimum atomic E-state index is -1.05. The number of fused-ring (bicyclic) bond motifs is 1. The molecule has 1 N–H and O–H groups in total. The Morgan fingerprint density at radius 2 is 1.73 bits per heavy atom. The molecule has 30 heavy (non-hydrogen) atoms. The van der Waals surface area contributed by atoms with E-state index in [1.807, 2.05) is 4.90 Å². The second kappa shape index (κ2) is 10.3. The maximum absolute atomic E-state index is 12.9. The van der Waals surface area contributed by atoms with Crippen LogP contribution in [0.25, 0.3) is 6.08 Å². The SMILES string of the molecule is CCOC(=O)/C(=C/c1ccc(OCC(=O)O)cc1)CC(=O)N1C[C@H]2CCCC[C@H]2C1. The second-order valence-electron chi connectivity index (χ2n) is 7.92. The summed E-state index contributed by atoms with van der Waals surface area (Å²) in [6.07, 6.45) is 6.51. The lowest BCUT2D eigenvalue weighted by atomic mass is 9.82. The topological polar surface area (TPSA) is 93.1 Å². The Morgan fingerprint density at radius 3 is 2.30 bits per heavy atom. The zero-order chi connectivity index (χ0) is 21.5. The molecular weight excluding hydrogens is 386 g/mol. The van der Waals surface area contributed by atoms with Crippen molar-refractivity contribution in [2.75, 3.05) is 26.3 Å². The zero-order valence-corrected chi connectivity index (χ0v) is 17.3. The van der Waals surface area contributed by atoms with Crippen molar-refractivity contribution in [2.45, 2.75) is 39.0 Å². The molecule has 7 nitrogen and oxygen atoms in total. The van der Waals surface area contributed by atoms with Crippen LogP contribution in [0.4, 0.5) is 0 Å². The van der Waals surface area contributed by atoms with Crippen LogP contribution in [0.3, 0.4) is 0 Å². The highest BCUT2D eigenvalue weighted by molar-refractivity contribution is 5.99. The first kappa shape index (κ1) is 21.9. The molecule has 1 amide bonds. The molecule has 0 bridgehead atoms. The average Bonchev–Trinajstić information content (AvgIpc) is 3.17. The first-order valence-electron chi connectivity index (χ1n) is 10.6. The second-order valence-corrected chi connectivity index (χ2v) is 7.92. The third kappa shape index (κ3) is 5.84. The Balaban J connectivity index is 1.68. The van der Waals surface area contributed by atoms with E-state index >= 15 is 0 Å². The Morgan fingerprint density at radius 1 is 1.10 bits per heavy atom. The Bertz CT molecular complexity index is 786. The van der Waals surface area contributed by atoms with Crippen LogP contribution < -0.4 is 4.74 Å². The number of nitrogens with zero attached hydrogens (tertiary/aromatic N) is 1. The zero-order valence-electron chi connectivity index (χ0n) is 17.3. The molecule has 1 saturated heterocycles. The normalized spacial score (nSPS) is 21.1. The van der Waals surface area contributed by atoms with Gasteiger partial charge in [-0.25, -0.2) is 9.59 Å². The fourth-order valence-electron chi connectivity index (χ4n) is 4.30. The quantitative estimate of drug-likeness (QED) is 0.518. The Hall–Kier alpha value is -2.83. The van der Waals surface area contributed by atoms with Crippen LogP contribution in [0.5, 0.6) is 5.75 Å². The van der Waals surface area contributed by atoms with Gasteiger partial charge in [0.05, 0.1) is 13.0 Å². The van der Waals surface area contributed by atoms with E-state index in [1.165, 1.54) is 25.7 Å². The van der Waals surface area contributed by atoms with Crippen LogP contribution >= 0.6 is 0 Å². The van der Waals surface area contributed by atoms with Crippen molar-refractivity contribution in [2.24, 2.45) is 11.8 Å². The number of esters is 1. The van der Waals surface area contributed by atoms with Crippen molar-refractivity contribution in [1.29, 1.82) is 0 Å². The van der Waals surface area contributed by atoms with Gasteiger partial charge < -0.3 is 19.5 Å². The predicted molar refractivity (Wildman–Crippen MR) is 111 cm³/mol. The summed E-state index contributed by atoms with van der Waals surface area (Å²) in [5, 5.41) is 8.68. The van der Waals surface area contributed by atoms with Crippen LogP contribution in [0.15, 0.2) is 29.8 Å². The highest BCUT2D eigenvalue weighted by Crippen LogP contribution is 2.36. The number of hydrogen-bond acceptors (Lipinski definition) is 5. The Kier molecular flexibility index (Phi) is 7.49. The standard InChI is InChI=1S/C23H29NO6/c1-2-29-23(28)19(11-16-7-9-20(10-8-16)30-15-22(26)27)12-21(25)24-13-17-5-3-4-6-18(17)14-24/h7-11,17-18H,2-6,12-15H2,1H3,(H,26,27)/b19-11+/t17-,18+. The van der Waals surface area contributed by atoms with Gasteiger partial charge >= 0.3 is 11.9 Å². The highest BCUT2D eigenvalue weighted by atomic mass is 16.5. The molecule has 1 aliphatic carbocycles. The minimum absolute atomic E-state index is 0.00946. The van der Waals surface area contributed by atoms with E-state index in [0.717, 1.165) is 13.1 Å². The lowest BCUT2D eigenvalue weighted by Crippen LogP contribution is -2.30. The van der Waals surface area contributed by atoms with Crippen LogP contribution in [0.2, 0.25) is 0 Å². The molecule has 0 unspecified atom stereocenters. The lowest BCUT2D eigenvalue weighted by Gasteiger charge is -2.22. The number of carboxylic acids is 1. The van der Waals surface area contributed by atoms with Crippen molar-refractivity contribution in [3.63, 3.8) is 0 Å². The van der Waals surface area contributed by atoms with Gasteiger partial charge in [-0.2, -0.15) is 0 Å². The van der Waals surface area contributed by atoms with E-state index in [9.17, 15) is 14.4 Å². The van der Waals surface area contributed by atoms with Gasteiger partial charge in [0.2, 0.25) is 5.91 Å². The number of likely N-dealkylation sites (tertiary alicyclic amines) is 1. The summed E-state index contributed by atoms with van der Waals surface area (Å²) >= 11 is 0. The number of aliphatic carboxylic acids is 1. The van der Waals surface area contributed by atoms with Crippen LogP contribution in [-0.4, -0.2) is 54.2 Å². The number of hydrogen-bond donors (Lipinski definition) is 1. The number of ether oxygens (including phenoxy) is 2. The first-order valence-corrected chi connectivity index (χ1v) is 10.6. The van der Waals surface area contributed by atoms with Gasteiger partial charge in [-0.05, 0) is 55.4 Å². The maximum atomic E-state index is 12.9. The summed E-state index contributed by atoms with van der Waals surface area (Å²) < 4.78 is 10.3. The molecule has 1 aromatic rings. The largest absolute Gasteiger partial charge is 0.482 e. The number of carbonyl (C=O) groups excluding carboxylic acids is 2. The number of carboxylic acid groups (broad SMARTS) is 1. The van der Waals surface area contributed by atoms with E-state index in [-0.39, 0.29) is 18.9 Å². The van der Waals surface area contributed by atoms with Gasteiger partial charge in [0, 0.05) is 18.7 Å². The molecule has 1 saturated carbocycles. The summed E-state index contributed by atoms with van der Waals surface area (Å²) in [5.74, 6) is 0.0257. The molecule has 7 heteroatoms. The molecule has 2 atom stereocenters. The molecular formula is C23H29NO6. The fraction of sp³-hybridized carbons (Fsp3) is 0.522. The summed E-state index contributed by atoms with van der Waals surface area (Å²) in [5.41, 5.74) is 1.03. The predicted octanol–water partition coefficient (Wildman–Crippen LogP) is 3.14. The number of rotatable bonds is 8. The van der Waals surface area contributed by atoms with Crippen molar-refractivity contribution in [1.82, 2.24) is 4.90 Å². The van der Waals surface area contributed by atoms with Crippen molar-refractivity contribution >= 4 is 23.9 Å². The summed E-state index contributed by atoms with van der Waals surface area (Å²) in [6, 6.07) is 6.69. The van der Waals surface area contributed by atoms with E-state index < -0.39 is 18.5 Å². The molecule has 1 heterocycles. The molecule has 2 fully saturated rings. The van der Waals surface area contributed by atoms with E-state index in [0.29, 0.717) is 28.7 Å². The molecule has 0 aromatic heterocycles. The summed E-state index contributed by atoms with van der Waals surface area (Å²) in [4.78, 5) is 37.8. The van der Waals surface area contributed by atoms with Crippen LogP contribution in [0.1, 0.15) is 44.6 Å². The molecule has 162 valence electrons. The molecule has 3 rings (SSSR count). The third-order valence-electron chi connectivity index (χ3n) is 5.79. The number of carbonyl (C=O) groups is 3. The first-order chi connectivity index (χ1) is 14.5. The fourth-order valence-corrected chi connectivity index (χ4v) is 4.30. The molecule has 1 aliphatic heterocycles. The monoisotopic (exact) mass is 415 g/mol. The van der Waals surface area contributed by atoms with E-state index in [4.69, 9.17) is 14.6 Å². The van der Waals surface area contributed by atoms with Crippen LogP contribution in [-0.2, 0) is 19.1 Å². The average molecular weight is 415 g/mol. The third-order valence-corrected chi connectivity index (χ3v) is 5.79. The van der Waals surface area contributed by atoms with Crippen LogP contribution in [0, 0.1) is 11.8 Å². The van der Waals surface area contributed by atoms with E-state index in [2.05, 4.69) is 0 Å². The van der Waals surface area contributed by atoms with Gasteiger partial charge in [-0.3, -0.25) is 4.79 Å². The van der Waals surface area contributed by atoms with Gasteiger partial charge in [-0.1, -0.05) is 25.0 Å². The lowest BCUT2D eigenvalue weighted by molar-refractivity contribution is -0.140. The number of amides is 1. The molecule has 1 aromatic carbocycles. The molecule has 2 aliphatic rings. The highest BCUT2D eigenvalue weighted by Gasteiger charge is 2.36. The summed E-state index contributed by atoms with van der Waals surface area (Å²) in [6.45, 7) is 3.12. The van der Waals surface area contributed by atoms with Crippen molar-refractivity contribution in [3.8, 4) is 5.75 Å². The molecule has 0 spiro atoms. The van der Waals surface area contributed by atoms with Gasteiger partial charge in [0.25, 0.3) is 0 Å². The van der Waals surface area contributed by atoms with E-state index in [1.54, 1.807) is 37.3 Å². The van der Waals surface area contributed by atoms with Crippen molar-refractivity contribution in [3.05, 3.63) is 35.4 Å².